The largest absolute Gasteiger partial charge is 0.390 e. The van der Waals surface area contributed by atoms with Gasteiger partial charge in [0.05, 0.1) is 37.0 Å². The molecule has 0 spiro atoms. The Morgan fingerprint density at radius 2 is 1.74 bits per heavy atom. The molecule has 0 radical (unpaired) electrons. The maximum Gasteiger partial charge on any atom is 0.242 e. The van der Waals surface area contributed by atoms with Crippen molar-refractivity contribution in [3.63, 3.8) is 0 Å². The lowest BCUT2D eigenvalue weighted by atomic mass is 9.82. The number of amides is 2. The summed E-state index contributed by atoms with van der Waals surface area (Å²) in [4.78, 5) is 30.1. The van der Waals surface area contributed by atoms with Gasteiger partial charge in [0.2, 0.25) is 21.8 Å². The standard InChI is InChI=1S/C38H62N4O7S/c1-5-6-18-33(38(46)40-34(27-31-16-11-8-12-17-31)36(44)35(43)25-29(2)3)39-37(45)32(26-30-14-9-7-10-15-30)28-50(47,48)41(4)19-13-20-42-21-23-49-24-22-42/h1,7,9-10,14-15,29,31-36,43-44H,6,8,11-13,16-28H2,2-4H3,(H,39,45)(H,40,46)/t32-,33+,34+,35+,36?/m1/s1. The summed E-state index contributed by atoms with van der Waals surface area (Å²) in [5, 5.41) is 27.9. The van der Waals surface area contributed by atoms with Crippen LogP contribution in [0.5, 0.6) is 0 Å². The SMILES string of the molecule is C#CCC[C@H](NC(=O)[C@H](Cc1ccccc1)CS(=O)(=O)N(C)CCCN1CCOCC1)C(=O)N[C@@H](CC1CCCCC1)C(O)[C@@H](O)CC(C)C. The van der Waals surface area contributed by atoms with E-state index in [1.54, 1.807) is 7.05 Å². The van der Waals surface area contributed by atoms with E-state index < -0.39 is 57.8 Å². The summed E-state index contributed by atoms with van der Waals surface area (Å²) in [5.41, 5.74) is 0.803. The first-order valence-corrected chi connectivity index (χ1v) is 20.2. The fourth-order valence-electron chi connectivity index (χ4n) is 7.01. The summed E-state index contributed by atoms with van der Waals surface area (Å²) in [6.07, 6.45) is 10.8. The number of rotatable bonds is 21. The fourth-order valence-corrected chi connectivity index (χ4v) is 8.45. The second-order valence-corrected chi connectivity index (χ2v) is 16.8. The van der Waals surface area contributed by atoms with Gasteiger partial charge in [0.1, 0.15) is 12.1 Å². The number of benzene rings is 1. The van der Waals surface area contributed by atoms with E-state index in [-0.39, 0.29) is 25.2 Å². The van der Waals surface area contributed by atoms with Crippen molar-refractivity contribution in [2.75, 3.05) is 52.2 Å². The molecule has 12 heteroatoms. The number of terminal acetylenes is 1. The van der Waals surface area contributed by atoms with E-state index in [1.165, 1.54) is 4.31 Å². The number of nitrogens with zero attached hydrogens (tertiary/aromatic N) is 2. The molecule has 50 heavy (non-hydrogen) atoms. The normalized spacial score (nSPS) is 19.3. The molecule has 1 saturated carbocycles. The van der Waals surface area contributed by atoms with Crippen LogP contribution in [0.1, 0.15) is 83.6 Å². The van der Waals surface area contributed by atoms with Crippen molar-refractivity contribution in [1.82, 2.24) is 19.8 Å². The monoisotopic (exact) mass is 718 g/mol. The first kappa shape index (κ1) is 41.9. The maximum absolute atomic E-state index is 14.0. The second kappa shape index (κ2) is 21.7. The van der Waals surface area contributed by atoms with Crippen LogP contribution in [0.2, 0.25) is 0 Å². The molecule has 0 bridgehead atoms. The number of nitrogens with one attached hydrogen (secondary N) is 2. The number of hydrogen-bond donors (Lipinski definition) is 4. The van der Waals surface area contributed by atoms with Crippen LogP contribution in [0.4, 0.5) is 0 Å². The zero-order chi connectivity index (χ0) is 36.5. The van der Waals surface area contributed by atoms with E-state index >= 15 is 0 Å². The Labute approximate surface area is 301 Å². The Morgan fingerprint density at radius 1 is 1.06 bits per heavy atom. The summed E-state index contributed by atoms with van der Waals surface area (Å²) in [6.45, 7) is 8.00. The summed E-state index contributed by atoms with van der Waals surface area (Å²) < 4.78 is 33.9. The van der Waals surface area contributed by atoms with Gasteiger partial charge in [0.25, 0.3) is 0 Å². The molecule has 1 unspecified atom stereocenters. The number of morpholine rings is 1. The Balaban J connectivity index is 1.76. The third-order valence-electron chi connectivity index (χ3n) is 10.0. The van der Waals surface area contributed by atoms with Crippen LogP contribution in [0.25, 0.3) is 0 Å². The molecule has 1 heterocycles. The second-order valence-electron chi connectivity index (χ2n) is 14.6. The van der Waals surface area contributed by atoms with Gasteiger partial charge in [-0.25, -0.2) is 12.7 Å². The van der Waals surface area contributed by atoms with Crippen LogP contribution in [0, 0.1) is 30.1 Å². The average molecular weight is 719 g/mol. The van der Waals surface area contributed by atoms with Crippen LogP contribution in [0.15, 0.2) is 30.3 Å². The van der Waals surface area contributed by atoms with Crippen LogP contribution >= 0.6 is 0 Å². The van der Waals surface area contributed by atoms with Crippen molar-refractivity contribution in [2.45, 2.75) is 109 Å². The zero-order valence-corrected chi connectivity index (χ0v) is 31.3. The van der Waals surface area contributed by atoms with Crippen molar-refractivity contribution in [3.8, 4) is 12.3 Å². The van der Waals surface area contributed by atoms with E-state index in [4.69, 9.17) is 11.2 Å². The van der Waals surface area contributed by atoms with Gasteiger partial charge in [0.15, 0.2) is 0 Å². The van der Waals surface area contributed by atoms with Gasteiger partial charge in [-0.2, -0.15) is 0 Å². The third kappa shape index (κ3) is 14.6. The summed E-state index contributed by atoms with van der Waals surface area (Å²) in [6, 6.07) is 7.47. The minimum absolute atomic E-state index is 0.140. The molecule has 0 aromatic heterocycles. The van der Waals surface area contributed by atoms with Gasteiger partial charge in [-0.3, -0.25) is 14.5 Å². The zero-order valence-electron chi connectivity index (χ0n) is 30.5. The van der Waals surface area contributed by atoms with Crippen LogP contribution in [-0.2, 0) is 30.8 Å². The van der Waals surface area contributed by atoms with Gasteiger partial charge in [-0.15, -0.1) is 12.3 Å². The van der Waals surface area contributed by atoms with Gasteiger partial charge in [-0.05, 0) is 56.0 Å². The number of carbonyl (C=O) groups is 2. The van der Waals surface area contributed by atoms with Crippen molar-refractivity contribution in [1.29, 1.82) is 0 Å². The van der Waals surface area contributed by atoms with E-state index in [2.05, 4.69) is 21.5 Å². The Bertz CT molecular complexity index is 1290. The predicted octanol–water partition coefficient (Wildman–Crippen LogP) is 2.95. The lowest BCUT2D eigenvalue weighted by Gasteiger charge is -2.34. The summed E-state index contributed by atoms with van der Waals surface area (Å²) >= 11 is 0. The van der Waals surface area contributed by atoms with E-state index in [0.29, 0.717) is 44.9 Å². The van der Waals surface area contributed by atoms with Gasteiger partial charge < -0.3 is 25.6 Å². The Hall–Kier alpha value is -2.53. The Morgan fingerprint density at radius 3 is 2.38 bits per heavy atom. The van der Waals surface area contributed by atoms with E-state index in [1.807, 2.05) is 44.2 Å². The average Bonchev–Trinajstić information content (AvgIpc) is 3.10. The number of ether oxygens (including phenoxy) is 1. The molecule has 1 aromatic carbocycles. The lowest BCUT2D eigenvalue weighted by Crippen LogP contribution is -2.56. The first-order chi connectivity index (χ1) is 23.9. The van der Waals surface area contributed by atoms with E-state index in [9.17, 15) is 28.2 Å². The smallest absolute Gasteiger partial charge is 0.242 e. The molecular weight excluding hydrogens is 657 g/mol. The molecule has 282 valence electrons. The number of aliphatic hydroxyl groups is 2. The predicted molar refractivity (Wildman–Crippen MR) is 197 cm³/mol. The molecular formula is C38H62N4O7S. The van der Waals surface area contributed by atoms with Gasteiger partial charge in [0, 0.05) is 33.1 Å². The van der Waals surface area contributed by atoms with Crippen LogP contribution in [0.3, 0.4) is 0 Å². The molecule has 1 aliphatic carbocycles. The molecule has 1 aromatic rings. The van der Waals surface area contributed by atoms with Crippen molar-refractivity contribution in [2.24, 2.45) is 17.8 Å². The minimum atomic E-state index is -3.83. The highest BCUT2D eigenvalue weighted by molar-refractivity contribution is 7.89. The fraction of sp³-hybridized carbons (Fsp3) is 0.737. The highest BCUT2D eigenvalue weighted by Gasteiger charge is 2.35. The molecule has 2 amide bonds. The quantitative estimate of drug-likeness (QED) is 0.142. The van der Waals surface area contributed by atoms with Crippen LogP contribution in [-0.4, -0.2) is 116 Å². The number of carbonyl (C=O) groups excluding carboxylic acids is 2. The maximum atomic E-state index is 14.0. The summed E-state index contributed by atoms with van der Waals surface area (Å²) in [5.74, 6) is 0.539. The van der Waals surface area contributed by atoms with Gasteiger partial charge in [-0.1, -0.05) is 76.3 Å². The topological polar surface area (TPSA) is 149 Å². The highest BCUT2D eigenvalue weighted by atomic mass is 32.2. The number of aliphatic hydroxyl groups excluding tert-OH is 2. The molecule has 2 aliphatic rings. The Kier molecular flexibility index (Phi) is 18.2. The highest BCUT2D eigenvalue weighted by Crippen LogP contribution is 2.29. The molecule has 2 fully saturated rings. The molecule has 1 aliphatic heterocycles. The van der Waals surface area contributed by atoms with Gasteiger partial charge >= 0.3 is 0 Å². The molecule has 11 nitrogen and oxygen atoms in total. The molecule has 1 saturated heterocycles. The molecule has 5 atom stereocenters. The van der Waals surface area contributed by atoms with Crippen molar-refractivity contribution in [3.05, 3.63) is 35.9 Å². The minimum Gasteiger partial charge on any atom is -0.390 e. The molecule has 4 N–H and O–H groups in total. The lowest BCUT2D eigenvalue weighted by molar-refractivity contribution is -0.132. The molecule has 3 rings (SSSR count). The van der Waals surface area contributed by atoms with Crippen molar-refractivity contribution >= 4 is 21.8 Å². The van der Waals surface area contributed by atoms with Crippen molar-refractivity contribution < 1.29 is 33.0 Å². The number of hydrogen-bond acceptors (Lipinski definition) is 8. The third-order valence-corrected chi connectivity index (χ3v) is 12.0. The first-order valence-electron chi connectivity index (χ1n) is 18.6. The summed E-state index contributed by atoms with van der Waals surface area (Å²) in [7, 11) is -2.29. The van der Waals surface area contributed by atoms with Crippen LogP contribution < -0.4 is 10.6 Å². The van der Waals surface area contributed by atoms with E-state index in [0.717, 1.165) is 57.3 Å². The number of sulfonamides is 1.